The molecule has 2 aromatic rings. The van der Waals surface area contributed by atoms with Gasteiger partial charge in [0.15, 0.2) is 0 Å². The van der Waals surface area contributed by atoms with Gasteiger partial charge in [-0.1, -0.05) is 12.1 Å². The Balaban J connectivity index is 0.00000242. The summed E-state index contributed by atoms with van der Waals surface area (Å²) in [5, 5.41) is 12.3. The number of furan rings is 1. The van der Waals surface area contributed by atoms with Gasteiger partial charge in [0.1, 0.15) is 11.5 Å². The van der Waals surface area contributed by atoms with E-state index >= 15 is 0 Å². The summed E-state index contributed by atoms with van der Waals surface area (Å²) >= 11 is 0. The third-order valence-corrected chi connectivity index (χ3v) is 3.09. The highest BCUT2D eigenvalue weighted by Gasteiger charge is 2.08. The van der Waals surface area contributed by atoms with Gasteiger partial charge in [0.25, 0.3) is 0 Å². The van der Waals surface area contributed by atoms with Crippen molar-refractivity contribution in [3.05, 3.63) is 47.7 Å². The van der Waals surface area contributed by atoms with Crippen molar-refractivity contribution in [3.63, 3.8) is 0 Å². The number of nitrogens with one attached hydrogen (secondary N) is 1. The van der Waals surface area contributed by atoms with Crippen molar-refractivity contribution in [2.75, 3.05) is 27.2 Å². The summed E-state index contributed by atoms with van der Waals surface area (Å²) in [6.07, 6.45) is 0. The summed E-state index contributed by atoms with van der Waals surface area (Å²) in [5.74, 6) is 0.584. The maximum atomic E-state index is 11.0. The smallest absolute Gasteiger partial charge is 0.335 e. The topological polar surface area (TPSA) is 65.7 Å². The van der Waals surface area contributed by atoms with Crippen molar-refractivity contribution in [1.82, 2.24) is 10.2 Å². The number of aromatic carboxylic acids is 1. The zero-order chi connectivity index (χ0) is 15.2. The molecule has 2 rings (SSSR count). The molecule has 0 spiro atoms. The molecule has 0 radical (unpaired) electrons. The number of hydrogen-bond acceptors (Lipinski definition) is 4. The zero-order valence-electron chi connectivity index (χ0n) is 13.1. The summed E-state index contributed by atoms with van der Waals surface area (Å²) in [4.78, 5) is 13.1. The van der Waals surface area contributed by atoms with Gasteiger partial charge in [-0.05, 0) is 38.4 Å². The minimum absolute atomic E-state index is 0. The van der Waals surface area contributed by atoms with E-state index in [1.807, 2.05) is 32.3 Å². The standard InChI is InChI=1S/C16H20N2O3.2ClH/c1-18(2)9-8-17-11-14-6-7-15(21-14)12-4-3-5-13(10-12)16(19)20;;/h3-7,10,17H,8-9,11H2,1-2H3,(H,19,20);2*1H/p-2. The van der Waals surface area contributed by atoms with Crippen LogP contribution in [-0.2, 0) is 6.54 Å². The molecule has 2 N–H and O–H groups in total. The molecule has 0 unspecified atom stereocenters. The number of likely N-dealkylation sites (N-methyl/N-ethyl adjacent to an activating group) is 1. The van der Waals surface area contributed by atoms with Gasteiger partial charge in [-0.3, -0.25) is 0 Å². The molecule has 23 heavy (non-hydrogen) atoms. The third kappa shape index (κ3) is 6.62. The van der Waals surface area contributed by atoms with Crippen LogP contribution < -0.4 is 30.1 Å². The molecule has 0 aliphatic rings. The van der Waals surface area contributed by atoms with Crippen molar-refractivity contribution in [2.45, 2.75) is 6.54 Å². The number of carboxylic acids is 1. The average molecular weight is 359 g/mol. The second-order valence-electron chi connectivity index (χ2n) is 5.13. The Kier molecular flexibility index (Phi) is 9.60. The van der Waals surface area contributed by atoms with Crippen LogP contribution in [0.5, 0.6) is 0 Å². The predicted octanol–water partition coefficient (Wildman–Crippen LogP) is -3.70. The molecule has 0 aliphatic carbocycles. The molecule has 0 saturated heterocycles. The summed E-state index contributed by atoms with van der Waals surface area (Å²) in [7, 11) is 4.06. The molecule has 128 valence electrons. The molecule has 1 aromatic heterocycles. The molecule has 0 aliphatic heterocycles. The predicted molar refractivity (Wildman–Crippen MR) is 81.4 cm³/mol. The zero-order valence-corrected chi connectivity index (χ0v) is 14.6. The van der Waals surface area contributed by atoms with Gasteiger partial charge in [0, 0.05) is 18.7 Å². The fourth-order valence-corrected chi connectivity index (χ4v) is 1.95. The lowest BCUT2D eigenvalue weighted by atomic mass is 10.1. The monoisotopic (exact) mass is 358 g/mol. The molecule has 1 aromatic carbocycles. The molecule has 1 heterocycles. The van der Waals surface area contributed by atoms with Gasteiger partial charge in [-0.15, -0.1) is 0 Å². The molecule has 0 bridgehead atoms. The van der Waals surface area contributed by atoms with E-state index in [1.165, 1.54) is 0 Å². The van der Waals surface area contributed by atoms with Crippen LogP contribution in [0.3, 0.4) is 0 Å². The Morgan fingerprint density at radius 1 is 1.22 bits per heavy atom. The largest absolute Gasteiger partial charge is 1.00 e. The maximum Gasteiger partial charge on any atom is 0.335 e. The number of carbonyl (C=O) groups is 1. The Morgan fingerprint density at radius 2 is 1.96 bits per heavy atom. The summed E-state index contributed by atoms with van der Waals surface area (Å²) in [6, 6.07) is 10.5. The van der Waals surface area contributed by atoms with Gasteiger partial charge < -0.3 is 44.6 Å². The van der Waals surface area contributed by atoms with E-state index in [0.717, 1.165) is 24.4 Å². The fourth-order valence-electron chi connectivity index (χ4n) is 1.95. The number of nitrogens with zero attached hydrogens (tertiary/aromatic N) is 1. The first-order valence-electron chi connectivity index (χ1n) is 6.84. The second-order valence-corrected chi connectivity index (χ2v) is 5.13. The van der Waals surface area contributed by atoms with Crippen LogP contribution in [0.15, 0.2) is 40.8 Å². The SMILES string of the molecule is CN(C)CCNCc1ccc(-c2cccc(C(=O)O)c2)o1.[Cl-].[Cl-]. The second kappa shape index (κ2) is 10.3. The first-order chi connectivity index (χ1) is 10.1. The molecule has 0 saturated carbocycles. The molecular formula is C16H20Cl2N2O3-2. The Morgan fingerprint density at radius 3 is 2.61 bits per heavy atom. The highest BCUT2D eigenvalue weighted by atomic mass is 35.5. The van der Waals surface area contributed by atoms with Gasteiger partial charge in [0.2, 0.25) is 0 Å². The van der Waals surface area contributed by atoms with Crippen LogP contribution in [0.2, 0.25) is 0 Å². The van der Waals surface area contributed by atoms with Crippen LogP contribution in [0, 0.1) is 0 Å². The normalized spacial score (nSPS) is 10.0. The Hall–Kier alpha value is -1.53. The Labute approximate surface area is 148 Å². The number of hydrogen-bond donors (Lipinski definition) is 2. The van der Waals surface area contributed by atoms with Crippen molar-refractivity contribution in [3.8, 4) is 11.3 Å². The third-order valence-electron chi connectivity index (χ3n) is 3.09. The number of rotatable bonds is 7. The summed E-state index contributed by atoms with van der Waals surface area (Å²) in [6.45, 7) is 2.51. The summed E-state index contributed by atoms with van der Waals surface area (Å²) < 4.78 is 5.74. The van der Waals surface area contributed by atoms with Crippen LogP contribution in [-0.4, -0.2) is 43.2 Å². The van der Waals surface area contributed by atoms with Gasteiger partial charge >= 0.3 is 5.97 Å². The van der Waals surface area contributed by atoms with Crippen LogP contribution in [0.25, 0.3) is 11.3 Å². The molecular weight excluding hydrogens is 339 g/mol. The highest BCUT2D eigenvalue weighted by molar-refractivity contribution is 5.89. The van der Waals surface area contributed by atoms with Gasteiger partial charge in [-0.2, -0.15) is 0 Å². The molecule has 0 atom stereocenters. The van der Waals surface area contributed by atoms with Crippen molar-refractivity contribution in [1.29, 1.82) is 0 Å². The minimum atomic E-state index is -0.936. The van der Waals surface area contributed by atoms with E-state index < -0.39 is 5.97 Å². The number of benzene rings is 1. The van der Waals surface area contributed by atoms with E-state index in [0.29, 0.717) is 12.3 Å². The van der Waals surface area contributed by atoms with E-state index in [1.54, 1.807) is 18.2 Å². The minimum Gasteiger partial charge on any atom is -1.00 e. The molecule has 0 amide bonds. The maximum absolute atomic E-state index is 11.0. The van der Waals surface area contributed by atoms with Gasteiger partial charge in [0.05, 0.1) is 12.1 Å². The Bertz CT molecular complexity index is 615. The van der Waals surface area contributed by atoms with Crippen LogP contribution in [0.4, 0.5) is 0 Å². The lowest BCUT2D eigenvalue weighted by molar-refractivity contribution is -0.00100. The van der Waals surface area contributed by atoms with Crippen LogP contribution >= 0.6 is 0 Å². The van der Waals surface area contributed by atoms with Crippen molar-refractivity contribution >= 4 is 5.97 Å². The molecule has 5 nitrogen and oxygen atoms in total. The van der Waals surface area contributed by atoms with Crippen molar-refractivity contribution < 1.29 is 39.1 Å². The first-order valence-corrected chi connectivity index (χ1v) is 6.84. The van der Waals surface area contributed by atoms with Crippen LogP contribution in [0.1, 0.15) is 16.1 Å². The molecule has 0 fully saturated rings. The summed E-state index contributed by atoms with van der Waals surface area (Å²) in [5.41, 5.74) is 1.03. The van der Waals surface area contributed by atoms with E-state index in [2.05, 4.69) is 10.2 Å². The van der Waals surface area contributed by atoms with Gasteiger partial charge in [-0.25, -0.2) is 4.79 Å². The number of carboxylic acid groups (broad SMARTS) is 1. The molecule has 7 heteroatoms. The van der Waals surface area contributed by atoms with E-state index in [9.17, 15) is 4.79 Å². The highest BCUT2D eigenvalue weighted by Crippen LogP contribution is 2.23. The lowest BCUT2D eigenvalue weighted by Gasteiger charge is -2.09. The van der Waals surface area contributed by atoms with E-state index in [-0.39, 0.29) is 30.4 Å². The average Bonchev–Trinajstić information content (AvgIpc) is 2.92. The van der Waals surface area contributed by atoms with Crippen molar-refractivity contribution in [2.24, 2.45) is 0 Å². The first kappa shape index (κ1) is 21.5. The van der Waals surface area contributed by atoms with E-state index in [4.69, 9.17) is 9.52 Å². The lowest BCUT2D eigenvalue weighted by Crippen LogP contribution is -3.00. The quantitative estimate of drug-likeness (QED) is 0.499. The fraction of sp³-hybridized carbons (Fsp3) is 0.312. The number of halogens is 2.